The van der Waals surface area contributed by atoms with E-state index in [-0.39, 0.29) is 0 Å². The van der Waals surface area contributed by atoms with E-state index < -0.39 is 0 Å². The van der Waals surface area contributed by atoms with Crippen molar-refractivity contribution < 1.29 is 4.74 Å². The van der Waals surface area contributed by atoms with Gasteiger partial charge in [-0.2, -0.15) is 0 Å². The third-order valence-electron chi connectivity index (χ3n) is 3.06. The Morgan fingerprint density at radius 1 is 0.857 bits per heavy atom. The third-order valence-corrected chi connectivity index (χ3v) is 3.37. The Morgan fingerprint density at radius 3 is 2.33 bits per heavy atom. The highest BCUT2D eigenvalue weighted by Crippen LogP contribution is 2.30. The van der Waals surface area contributed by atoms with Crippen molar-refractivity contribution in [2.24, 2.45) is 0 Å². The van der Waals surface area contributed by atoms with Crippen LogP contribution in [0.4, 0.5) is 0 Å². The number of halogens is 1. The fourth-order valence-electron chi connectivity index (χ4n) is 2.02. The summed E-state index contributed by atoms with van der Waals surface area (Å²) in [6.45, 7) is 0. The lowest BCUT2D eigenvalue weighted by molar-refractivity contribution is 0.473. The molecule has 1 aromatic carbocycles. The number of benzene rings is 1. The van der Waals surface area contributed by atoms with E-state index in [1.54, 1.807) is 30.9 Å². The molecule has 0 atom stereocenters. The van der Waals surface area contributed by atoms with E-state index in [2.05, 4.69) is 22.1 Å². The topological polar surface area (TPSA) is 35.0 Å². The highest BCUT2D eigenvalue weighted by Gasteiger charge is 2.08. The lowest BCUT2D eigenvalue weighted by Gasteiger charge is -2.11. The number of hydrogen-bond acceptors (Lipinski definition) is 3. The summed E-state index contributed by atoms with van der Waals surface area (Å²) in [6.07, 6.45) is 7.46. The Kier molecular flexibility index (Phi) is 4.12. The van der Waals surface area contributed by atoms with E-state index in [0.29, 0.717) is 16.5 Å². The number of rotatable bonds is 4. The molecule has 3 rings (SSSR count). The zero-order valence-corrected chi connectivity index (χ0v) is 12.0. The first-order valence-corrected chi connectivity index (χ1v) is 6.95. The van der Waals surface area contributed by atoms with Crippen LogP contribution in [0.5, 0.6) is 11.5 Å². The van der Waals surface area contributed by atoms with E-state index in [9.17, 15) is 0 Å². The van der Waals surface area contributed by atoms with Crippen molar-refractivity contribution in [1.29, 1.82) is 0 Å². The fourth-order valence-corrected chi connectivity index (χ4v) is 2.16. The van der Waals surface area contributed by atoms with Crippen molar-refractivity contribution in [3.63, 3.8) is 0 Å². The molecule has 0 unspecified atom stereocenters. The Hall–Kier alpha value is -2.39. The molecule has 2 heterocycles. The van der Waals surface area contributed by atoms with Gasteiger partial charge in [0.15, 0.2) is 5.75 Å². The maximum Gasteiger partial charge on any atom is 0.164 e. The first-order valence-electron chi connectivity index (χ1n) is 6.57. The smallest absolute Gasteiger partial charge is 0.164 e. The lowest BCUT2D eigenvalue weighted by atomic mass is 10.1. The fraction of sp³-hybridized carbons (Fsp3) is 0.0588. The Bertz CT molecular complexity index is 732. The highest BCUT2D eigenvalue weighted by molar-refractivity contribution is 6.32. The lowest BCUT2D eigenvalue weighted by Crippen LogP contribution is -1.95. The van der Waals surface area contributed by atoms with Crippen LogP contribution in [0.1, 0.15) is 11.1 Å². The Balaban J connectivity index is 1.88. The van der Waals surface area contributed by atoms with Crippen molar-refractivity contribution in [3.05, 3.63) is 83.4 Å². The van der Waals surface area contributed by atoms with Gasteiger partial charge in [-0.05, 0) is 17.7 Å². The van der Waals surface area contributed by atoms with Crippen LogP contribution in [-0.2, 0) is 6.42 Å². The molecule has 21 heavy (non-hydrogen) atoms. The second-order valence-electron chi connectivity index (χ2n) is 4.55. The zero-order chi connectivity index (χ0) is 14.5. The first-order chi connectivity index (χ1) is 10.3. The van der Waals surface area contributed by atoms with E-state index in [4.69, 9.17) is 16.3 Å². The summed E-state index contributed by atoms with van der Waals surface area (Å²) < 4.78 is 5.86. The minimum atomic E-state index is 0.527. The predicted octanol–water partition coefficient (Wildman–Crippen LogP) is 4.51. The van der Waals surface area contributed by atoms with E-state index in [0.717, 1.165) is 12.0 Å². The SMILES string of the molecule is Clc1ccncc1Oc1cnccc1Cc1ccccc1. The van der Waals surface area contributed by atoms with Crippen molar-refractivity contribution in [1.82, 2.24) is 9.97 Å². The van der Waals surface area contributed by atoms with Crippen molar-refractivity contribution >= 4 is 11.6 Å². The first kappa shape index (κ1) is 13.6. The van der Waals surface area contributed by atoms with Crippen molar-refractivity contribution in [2.45, 2.75) is 6.42 Å². The van der Waals surface area contributed by atoms with Gasteiger partial charge >= 0.3 is 0 Å². The summed E-state index contributed by atoms with van der Waals surface area (Å²) in [6, 6.07) is 13.9. The number of ether oxygens (including phenoxy) is 1. The molecule has 0 amide bonds. The standard InChI is InChI=1S/C17H13ClN2O/c18-15-7-9-20-12-17(15)21-16-11-19-8-6-14(16)10-13-4-2-1-3-5-13/h1-9,11-12H,10H2. The van der Waals surface area contributed by atoms with Crippen LogP contribution in [0.3, 0.4) is 0 Å². The summed E-state index contributed by atoms with van der Waals surface area (Å²) in [5, 5.41) is 0.527. The number of aromatic nitrogens is 2. The van der Waals surface area contributed by atoms with Crippen molar-refractivity contribution in [3.8, 4) is 11.5 Å². The zero-order valence-electron chi connectivity index (χ0n) is 11.2. The van der Waals surface area contributed by atoms with Gasteiger partial charge in [-0.25, -0.2) is 0 Å². The molecular formula is C17H13ClN2O. The second kappa shape index (κ2) is 6.37. The van der Waals surface area contributed by atoms with Crippen LogP contribution in [0, 0.1) is 0 Å². The maximum absolute atomic E-state index is 6.10. The quantitative estimate of drug-likeness (QED) is 0.710. The third kappa shape index (κ3) is 3.38. The molecule has 0 aliphatic rings. The molecule has 0 spiro atoms. The average Bonchev–Trinajstić information content (AvgIpc) is 2.52. The molecule has 0 saturated carbocycles. The molecule has 0 radical (unpaired) electrons. The van der Waals surface area contributed by atoms with Gasteiger partial charge in [-0.1, -0.05) is 41.9 Å². The summed E-state index contributed by atoms with van der Waals surface area (Å²) in [5.74, 6) is 1.22. The van der Waals surface area contributed by atoms with Gasteiger partial charge in [-0.3, -0.25) is 9.97 Å². The van der Waals surface area contributed by atoms with Crippen LogP contribution in [-0.4, -0.2) is 9.97 Å². The normalized spacial score (nSPS) is 10.3. The molecule has 0 aliphatic carbocycles. The van der Waals surface area contributed by atoms with E-state index in [1.165, 1.54) is 5.56 Å². The van der Waals surface area contributed by atoms with Gasteiger partial charge in [0.1, 0.15) is 5.75 Å². The molecule has 4 heteroatoms. The number of nitrogens with zero attached hydrogens (tertiary/aromatic N) is 2. The second-order valence-corrected chi connectivity index (χ2v) is 4.96. The van der Waals surface area contributed by atoms with Gasteiger partial charge < -0.3 is 4.74 Å². The average molecular weight is 297 g/mol. The molecule has 0 bridgehead atoms. The molecule has 2 aromatic heterocycles. The van der Waals surface area contributed by atoms with Gasteiger partial charge in [-0.15, -0.1) is 0 Å². The van der Waals surface area contributed by atoms with Crippen LogP contribution in [0.15, 0.2) is 67.3 Å². The van der Waals surface area contributed by atoms with Crippen LogP contribution in [0.2, 0.25) is 5.02 Å². The molecule has 0 saturated heterocycles. The van der Waals surface area contributed by atoms with Crippen molar-refractivity contribution in [2.75, 3.05) is 0 Å². The van der Waals surface area contributed by atoms with Crippen LogP contribution in [0.25, 0.3) is 0 Å². The molecule has 0 N–H and O–H groups in total. The predicted molar refractivity (Wildman–Crippen MR) is 82.8 cm³/mol. The summed E-state index contributed by atoms with van der Waals surface area (Å²) in [5.41, 5.74) is 2.27. The van der Waals surface area contributed by atoms with E-state index in [1.807, 2.05) is 24.3 Å². The van der Waals surface area contributed by atoms with Gasteiger partial charge in [0, 0.05) is 24.4 Å². The molecule has 0 fully saturated rings. The summed E-state index contributed by atoms with van der Waals surface area (Å²) in [7, 11) is 0. The van der Waals surface area contributed by atoms with Crippen LogP contribution < -0.4 is 4.74 Å². The van der Waals surface area contributed by atoms with Gasteiger partial charge in [0.2, 0.25) is 0 Å². The number of pyridine rings is 2. The Morgan fingerprint density at radius 2 is 1.57 bits per heavy atom. The van der Waals surface area contributed by atoms with E-state index >= 15 is 0 Å². The highest BCUT2D eigenvalue weighted by atomic mass is 35.5. The molecule has 3 aromatic rings. The molecule has 104 valence electrons. The monoisotopic (exact) mass is 296 g/mol. The van der Waals surface area contributed by atoms with Gasteiger partial charge in [0.25, 0.3) is 0 Å². The molecular weight excluding hydrogens is 284 g/mol. The Labute approximate surface area is 128 Å². The minimum absolute atomic E-state index is 0.527. The summed E-state index contributed by atoms with van der Waals surface area (Å²) in [4.78, 5) is 8.15. The minimum Gasteiger partial charge on any atom is -0.452 e. The van der Waals surface area contributed by atoms with Crippen LogP contribution >= 0.6 is 11.6 Å². The molecule has 0 aliphatic heterocycles. The summed E-state index contributed by atoms with van der Waals surface area (Å²) >= 11 is 6.10. The maximum atomic E-state index is 6.10. The largest absolute Gasteiger partial charge is 0.452 e. The van der Waals surface area contributed by atoms with Gasteiger partial charge in [0.05, 0.1) is 17.4 Å². The molecule has 3 nitrogen and oxygen atoms in total. The number of hydrogen-bond donors (Lipinski definition) is 0.